The van der Waals surface area contributed by atoms with Crippen molar-refractivity contribution in [2.24, 2.45) is 0 Å². The highest BCUT2D eigenvalue weighted by Gasteiger charge is 2.21. The van der Waals surface area contributed by atoms with Crippen molar-refractivity contribution in [1.29, 1.82) is 0 Å². The number of rotatable bonds is 6. The van der Waals surface area contributed by atoms with Gasteiger partial charge in [0.15, 0.2) is 0 Å². The molecule has 1 aromatic heterocycles. The van der Waals surface area contributed by atoms with Crippen LogP contribution in [-0.4, -0.2) is 30.3 Å². The van der Waals surface area contributed by atoms with Gasteiger partial charge in [-0.3, -0.25) is 4.98 Å². The van der Waals surface area contributed by atoms with Crippen LogP contribution in [0.1, 0.15) is 31.7 Å². The molecule has 2 unspecified atom stereocenters. The van der Waals surface area contributed by atoms with Gasteiger partial charge in [0.2, 0.25) is 0 Å². The van der Waals surface area contributed by atoms with Crippen LogP contribution in [0.15, 0.2) is 36.5 Å². The molecule has 0 amide bonds. The van der Waals surface area contributed by atoms with Crippen molar-refractivity contribution < 1.29 is 4.74 Å². The Bertz CT molecular complexity index is 573. The van der Waals surface area contributed by atoms with Gasteiger partial charge in [0, 0.05) is 24.2 Å². The molecular formula is C18H24N2O. The third-order valence-electron chi connectivity index (χ3n) is 4.27. The lowest BCUT2D eigenvalue weighted by atomic mass is 9.97. The summed E-state index contributed by atoms with van der Waals surface area (Å²) in [5.41, 5.74) is 2.46. The maximum atomic E-state index is 5.80. The quantitative estimate of drug-likeness (QED) is 0.883. The predicted molar refractivity (Wildman–Crippen MR) is 86.5 cm³/mol. The van der Waals surface area contributed by atoms with E-state index >= 15 is 0 Å². The molecule has 1 aliphatic rings. The Kier molecular flexibility index (Phi) is 4.84. The highest BCUT2D eigenvalue weighted by atomic mass is 16.5. The zero-order chi connectivity index (χ0) is 14.5. The van der Waals surface area contributed by atoms with Crippen LogP contribution < -0.4 is 5.32 Å². The number of aromatic nitrogens is 1. The second-order valence-corrected chi connectivity index (χ2v) is 5.82. The summed E-state index contributed by atoms with van der Waals surface area (Å²) < 4.78 is 5.80. The Morgan fingerprint density at radius 1 is 1.33 bits per heavy atom. The van der Waals surface area contributed by atoms with Gasteiger partial charge in [-0.1, -0.05) is 25.1 Å². The van der Waals surface area contributed by atoms with Crippen LogP contribution in [0.2, 0.25) is 0 Å². The first-order valence-corrected chi connectivity index (χ1v) is 8.04. The molecule has 1 aromatic carbocycles. The summed E-state index contributed by atoms with van der Waals surface area (Å²) in [5, 5.41) is 4.90. The van der Waals surface area contributed by atoms with Gasteiger partial charge >= 0.3 is 0 Å². The Balaban J connectivity index is 1.76. The van der Waals surface area contributed by atoms with Crippen molar-refractivity contribution in [3.63, 3.8) is 0 Å². The number of ether oxygens (including phenoxy) is 1. The molecule has 112 valence electrons. The Labute approximate surface area is 126 Å². The number of hydrogen-bond donors (Lipinski definition) is 1. The lowest BCUT2D eigenvalue weighted by Crippen LogP contribution is -2.34. The second kappa shape index (κ2) is 7.01. The molecule has 1 N–H and O–H groups in total. The number of likely N-dealkylation sites (N-methyl/N-ethyl adjacent to an activating group) is 1. The number of fused-ring (bicyclic) bond motifs is 1. The fourth-order valence-electron chi connectivity index (χ4n) is 3.27. The zero-order valence-corrected chi connectivity index (χ0v) is 12.7. The first kappa shape index (κ1) is 14.5. The second-order valence-electron chi connectivity index (χ2n) is 5.82. The first-order valence-electron chi connectivity index (χ1n) is 8.04. The maximum Gasteiger partial charge on any atom is 0.0704 e. The van der Waals surface area contributed by atoms with E-state index in [1.807, 2.05) is 12.3 Å². The molecule has 2 heterocycles. The molecule has 0 saturated carbocycles. The summed E-state index contributed by atoms with van der Waals surface area (Å²) in [6.07, 6.45) is 6.91. The van der Waals surface area contributed by atoms with E-state index in [-0.39, 0.29) is 0 Å². The minimum atomic E-state index is 0.433. The van der Waals surface area contributed by atoms with Crippen LogP contribution in [0.3, 0.4) is 0 Å². The molecule has 0 bridgehead atoms. The van der Waals surface area contributed by atoms with Crippen LogP contribution >= 0.6 is 0 Å². The van der Waals surface area contributed by atoms with Gasteiger partial charge in [-0.2, -0.15) is 0 Å². The van der Waals surface area contributed by atoms with Crippen molar-refractivity contribution in [3.05, 3.63) is 42.1 Å². The molecule has 3 nitrogen and oxygen atoms in total. The molecule has 1 fully saturated rings. The molecule has 3 rings (SSSR count). The molecule has 3 heteroatoms. The fraction of sp³-hybridized carbons (Fsp3) is 0.500. The molecule has 0 spiro atoms. The van der Waals surface area contributed by atoms with E-state index in [0.29, 0.717) is 12.1 Å². The molecule has 1 saturated heterocycles. The third-order valence-corrected chi connectivity index (χ3v) is 4.27. The molecule has 1 aliphatic heterocycles. The lowest BCUT2D eigenvalue weighted by molar-refractivity contribution is 0.0948. The van der Waals surface area contributed by atoms with Crippen LogP contribution in [0.25, 0.3) is 10.9 Å². The van der Waals surface area contributed by atoms with Crippen molar-refractivity contribution in [3.8, 4) is 0 Å². The minimum absolute atomic E-state index is 0.433. The van der Waals surface area contributed by atoms with E-state index in [0.717, 1.165) is 31.5 Å². The van der Waals surface area contributed by atoms with Crippen molar-refractivity contribution in [1.82, 2.24) is 10.3 Å². The standard InChI is InChI=1S/C18H24N2O/c1-2-19-15(13-16-6-5-11-21-16)12-14-9-10-20-18-8-4-3-7-17(14)18/h3-4,7-10,15-16,19H,2,5-6,11-13H2,1H3. The van der Waals surface area contributed by atoms with Gasteiger partial charge in [-0.05, 0) is 49.9 Å². The number of nitrogens with one attached hydrogen (secondary N) is 1. The topological polar surface area (TPSA) is 34.2 Å². The third kappa shape index (κ3) is 3.60. The van der Waals surface area contributed by atoms with E-state index in [9.17, 15) is 0 Å². The summed E-state index contributed by atoms with van der Waals surface area (Å²) in [6, 6.07) is 11.0. The highest BCUT2D eigenvalue weighted by molar-refractivity contribution is 5.81. The van der Waals surface area contributed by atoms with Gasteiger partial charge in [-0.15, -0.1) is 0 Å². The fourth-order valence-corrected chi connectivity index (χ4v) is 3.27. The van der Waals surface area contributed by atoms with E-state index in [2.05, 4.69) is 41.5 Å². The predicted octanol–water partition coefficient (Wildman–Crippen LogP) is 3.32. The van der Waals surface area contributed by atoms with Gasteiger partial charge in [0.1, 0.15) is 0 Å². The molecular weight excluding hydrogens is 260 g/mol. The average molecular weight is 284 g/mol. The number of para-hydroxylation sites is 1. The van der Waals surface area contributed by atoms with Crippen LogP contribution in [0.4, 0.5) is 0 Å². The van der Waals surface area contributed by atoms with Gasteiger partial charge < -0.3 is 10.1 Å². The van der Waals surface area contributed by atoms with Gasteiger partial charge in [-0.25, -0.2) is 0 Å². The minimum Gasteiger partial charge on any atom is -0.378 e. The van der Waals surface area contributed by atoms with Crippen LogP contribution in [-0.2, 0) is 11.2 Å². The monoisotopic (exact) mass is 284 g/mol. The van der Waals surface area contributed by atoms with Crippen molar-refractivity contribution in [2.45, 2.75) is 44.8 Å². The first-order chi connectivity index (χ1) is 10.4. The Hall–Kier alpha value is -1.45. The number of pyridine rings is 1. The van der Waals surface area contributed by atoms with Crippen molar-refractivity contribution in [2.75, 3.05) is 13.2 Å². The van der Waals surface area contributed by atoms with Crippen LogP contribution in [0.5, 0.6) is 0 Å². The molecule has 2 aromatic rings. The summed E-state index contributed by atoms with van der Waals surface area (Å²) in [7, 11) is 0. The molecule has 2 atom stereocenters. The molecule has 21 heavy (non-hydrogen) atoms. The smallest absolute Gasteiger partial charge is 0.0704 e. The average Bonchev–Trinajstić information content (AvgIpc) is 3.01. The van der Waals surface area contributed by atoms with E-state index in [4.69, 9.17) is 4.74 Å². The summed E-state index contributed by atoms with van der Waals surface area (Å²) in [4.78, 5) is 4.45. The van der Waals surface area contributed by atoms with Gasteiger partial charge in [0.25, 0.3) is 0 Å². The van der Waals surface area contributed by atoms with E-state index in [1.54, 1.807) is 0 Å². The Morgan fingerprint density at radius 2 is 2.24 bits per heavy atom. The SMILES string of the molecule is CCNC(Cc1ccnc2ccccc12)CC1CCCO1. The molecule has 0 radical (unpaired) electrons. The summed E-state index contributed by atoms with van der Waals surface area (Å²) in [6.45, 7) is 4.11. The molecule has 0 aliphatic carbocycles. The summed E-state index contributed by atoms with van der Waals surface area (Å²) >= 11 is 0. The highest BCUT2D eigenvalue weighted by Crippen LogP contribution is 2.22. The normalized spacial score (nSPS) is 20.0. The van der Waals surface area contributed by atoms with Crippen LogP contribution in [0, 0.1) is 0 Å². The number of hydrogen-bond acceptors (Lipinski definition) is 3. The maximum absolute atomic E-state index is 5.80. The summed E-state index contributed by atoms with van der Waals surface area (Å²) in [5.74, 6) is 0. The lowest BCUT2D eigenvalue weighted by Gasteiger charge is -2.22. The van der Waals surface area contributed by atoms with Crippen molar-refractivity contribution >= 4 is 10.9 Å². The van der Waals surface area contributed by atoms with E-state index in [1.165, 1.54) is 23.8 Å². The zero-order valence-electron chi connectivity index (χ0n) is 12.7. The number of benzene rings is 1. The largest absolute Gasteiger partial charge is 0.378 e. The Morgan fingerprint density at radius 3 is 3.05 bits per heavy atom. The van der Waals surface area contributed by atoms with E-state index < -0.39 is 0 Å². The number of nitrogens with zero attached hydrogens (tertiary/aromatic N) is 1. The van der Waals surface area contributed by atoms with Gasteiger partial charge in [0.05, 0.1) is 11.6 Å².